The van der Waals surface area contributed by atoms with Crippen molar-refractivity contribution in [2.45, 2.75) is 38.5 Å². The minimum absolute atomic E-state index is 0.254. The first-order valence-electron chi connectivity index (χ1n) is 5.67. The summed E-state index contributed by atoms with van der Waals surface area (Å²) in [5, 5.41) is 1.98. The molecule has 2 rings (SSSR count). The van der Waals surface area contributed by atoms with Gasteiger partial charge in [-0.1, -0.05) is 25.7 Å². The third-order valence-corrected chi connectivity index (χ3v) is 6.68. The molecule has 0 amide bonds. The first-order valence-corrected chi connectivity index (χ1v) is 8.13. The van der Waals surface area contributed by atoms with Crippen molar-refractivity contribution in [3.8, 4) is 0 Å². The molecule has 1 aliphatic rings. The lowest BCUT2D eigenvalue weighted by atomic mass is 9.95. The summed E-state index contributed by atoms with van der Waals surface area (Å²) >= 11 is 8.46. The molecule has 0 N–H and O–H groups in total. The van der Waals surface area contributed by atoms with Gasteiger partial charge in [0.2, 0.25) is 0 Å². The number of ketones is 1. The normalized spacial score (nSPS) is 18.4. The van der Waals surface area contributed by atoms with Gasteiger partial charge in [-0.2, -0.15) is 0 Å². The zero-order valence-corrected chi connectivity index (χ0v) is 13.0. The van der Waals surface area contributed by atoms with Crippen LogP contribution in [0.4, 0.5) is 0 Å². The Morgan fingerprint density at radius 2 is 1.81 bits per heavy atom. The summed E-state index contributed by atoms with van der Waals surface area (Å²) in [6.45, 7) is 0. The molecule has 1 heterocycles. The van der Waals surface area contributed by atoms with Crippen molar-refractivity contribution < 1.29 is 4.79 Å². The predicted molar refractivity (Wildman–Crippen MR) is 75.2 cm³/mol. The molecule has 0 aliphatic heterocycles. The number of halogens is 2. The molecule has 16 heavy (non-hydrogen) atoms. The molecule has 1 aromatic rings. The van der Waals surface area contributed by atoms with Crippen molar-refractivity contribution in [3.05, 3.63) is 19.2 Å². The highest BCUT2D eigenvalue weighted by Gasteiger charge is 2.24. The van der Waals surface area contributed by atoms with E-state index < -0.39 is 0 Å². The zero-order chi connectivity index (χ0) is 11.5. The molecule has 0 aromatic carbocycles. The summed E-state index contributed by atoms with van der Waals surface area (Å²) < 4.78 is 1.93. The van der Waals surface area contributed by atoms with Crippen molar-refractivity contribution in [3.63, 3.8) is 0 Å². The largest absolute Gasteiger partial charge is 0.293 e. The van der Waals surface area contributed by atoms with Crippen LogP contribution in [0.15, 0.2) is 14.3 Å². The van der Waals surface area contributed by atoms with Crippen LogP contribution in [0.2, 0.25) is 0 Å². The van der Waals surface area contributed by atoms with E-state index in [1.807, 2.05) is 5.38 Å². The molecule has 0 radical (unpaired) electrons. The van der Waals surface area contributed by atoms with Gasteiger partial charge in [-0.15, -0.1) is 11.3 Å². The lowest BCUT2D eigenvalue weighted by molar-refractivity contribution is 0.0911. The van der Waals surface area contributed by atoms with Gasteiger partial charge in [-0.05, 0) is 44.7 Å². The van der Waals surface area contributed by atoms with E-state index in [1.165, 1.54) is 25.7 Å². The van der Waals surface area contributed by atoms with Crippen molar-refractivity contribution in [1.82, 2.24) is 0 Å². The van der Waals surface area contributed by atoms with E-state index in [0.717, 1.165) is 26.7 Å². The van der Waals surface area contributed by atoms with E-state index in [2.05, 4.69) is 31.9 Å². The Morgan fingerprint density at radius 1 is 1.19 bits per heavy atom. The summed E-state index contributed by atoms with van der Waals surface area (Å²) in [4.78, 5) is 13.2. The smallest absolute Gasteiger partial charge is 0.177 e. The fourth-order valence-corrected chi connectivity index (χ4v) is 4.40. The average molecular weight is 366 g/mol. The molecule has 1 aliphatic carbocycles. The van der Waals surface area contributed by atoms with Crippen LogP contribution < -0.4 is 0 Å². The van der Waals surface area contributed by atoms with E-state index >= 15 is 0 Å². The van der Waals surface area contributed by atoms with E-state index in [-0.39, 0.29) is 5.92 Å². The third kappa shape index (κ3) is 2.77. The van der Waals surface area contributed by atoms with Gasteiger partial charge >= 0.3 is 0 Å². The molecular weight excluding hydrogens is 352 g/mol. The Labute approximate surface area is 117 Å². The topological polar surface area (TPSA) is 17.1 Å². The number of carbonyl (C=O) groups excluding carboxylic acids is 1. The summed E-state index contributed by atoms with van der Waals surface area (Å²) in [6, 6.07) is 0. The number of hydrogen-bond acceptors (Lipinski definition) is 2. The zero-order valence-electron chi connectivity index (χ0n) is 8.97. The molecule has 1 aromatic heterocycles. The fourth-order valence-electron chi connectivity index (χ4n) is 2.22. The first kappa shape index (κ1) is 12.8. The number of carbonyl (C=O) groups is 1. The maximum absolute atomic E-state index is 12.3. The highest BCUT2D eigenvalue weighted by molar-refractivity contribution is 9.13. The Balaban J connectivity index is 2.14. The van der Waals surface area contributed by atoms with E-state index in [9.17, 15) is 4.79 Å². The predicted octanol–water partition coefficient (Wildman–Crippen LogP) is 5.43. The van der Waals surface area contributed by atoms with Crippen LogP contribution in [0.1, 0.15) is 48.2 Å². The SMILES string of the molecule is O=C(c1scc(Br)c1Br)C1CCCCCC1. The highest BCUT2D eigenvalue weighted by Crippen LogP contribution is 2.36. The van der Waals surface area contributed by atoms with Gasteiger partial charge in [0.1, 0.15) is 0 Å². The summed E-state index contributed by atoms with van der Waals surface area (Å²) in [5.74, 6) is 0.592. The molecule has 4 heteroatoms. The molecular formula is C12H14Br2OS. The lowest BCUT2D eigenvalue weighted by Crippen LogP contribution is -2.13. The van der Waals surface area contributed by atoms with Crippen LogP contribution in [-0.2, 0) is 0 Å². The summed E-state index contributed by atoms with van der Waals surface area (Å²) in [5.41, 5.74) is 0. The van der Waals surface area contributed by atoms with Gasteiger partial charge < -0.3 is 0 Å². The maximum atomic E-state index is 12.3. The van der Waals surface area contributed by atoms with Crippen molar-refractivity contribution >= 4 is 49.0 Å². The second-order valence-corrected chi connectivity index (χ2v) is 6.81. The van der Waals surface area contributed by atoms with Crippen molar-refractivity contribution in [1.29, 1.82) is 0 Å². The molecule has 1 nitrogen and oxygen atoms in total. The fraction of sp³-hybridized carbons (Fsp3) is 0.583. The number of rotatable bonds is 2. The Kier molecular flexibility index (Phi) is 4.62. The van der Waals surface area contributed by atoms with Gasteiger partial charge in [0, 0.05) is 15.8 Å². The van der Waals surface area contributed by atoms with E-state index in [4.69, 9.17) is 0 Å². The second kappa shape index (κ2) is 5.78. The average Bonchev–Trinajstić information content (AvgIpc) is 2.53. The molecule has 0 unspecified atom stereocenters. The molecule has 0 atom stereocenters. The number of Topliss-reactive ketones (excluding diaryl/α,β-unsaturated/α-hetero) is 1. The molecule has 1 saturated carbocycles. The molecule has 0 saturated heterocycles. The Morgan fingerprint density at radius 3 is 2.31 bits per heavy atom. The van der Waals surface area contributed by atoms with Crippen LogP contribution in [0.5, 0.6) is 0 Å². The molecule has 0 bridgehead atoms. The second-order valence-electron chi connectivity index (χ2n) is 4.28. The minimum Gasteiger partial charge on any atom is -0.293 e. The first-order chi connectivity index (χ1) is 7.70. The van der Waals surface area contributed by atoms with Gasteiger partial charge in [-0.3, -0.25) is 4.79 Å². The van der Waals surface area contributed by atoms with E-state index in [0.29, 0.717) is 5.78 Å². The summed E-state index contributed by atoms with van der Waals surface area (Å²) in [7, 11) is 0. The standard InChI is InChI=1S/C12H14Br2OS/c13-9-7-16-12(10(9)14)11(15)8-5-3-1-2-4-6-8/h7-8H,1-6H2. The molecule has 0 spiro atoms. The minimum atomic E-state index is 0.254. The highest BCUT2D eigenvalue weighted by atomic mass is 79.9. The van der Waals surface area contributed by atoms with Crippen molar-refractivity contribution in [2.75, 3.05) is 0 Å². The van der Waals surface area contributed by atoms with Crippen LogP contribution in [-0.4, -0.2) is 5.78 Å². The third-order valence-electron chi connectivity index (χ3n) is 3.14. The van der Waals surface area contributed by atoms with Crippen LogP contribution in [0.3, 0.4) is 0 Å². The monoisotopic (exact) mass is 364 g/mol. The molecule has 88 valence electrons. The van der Waals surface area contributed by atoms with E-state index in [1.54, 1.807) is 11.3 Å². The number of thiophene rings is 1. The van der Waals surface area contributed by atoms with Crippen LogP contribution in [0, 0.1) is 5.92 Å². The van der Waals surface area contributed by atoms with Crippen LogP contribution >= 0.6 is 43.2 Å². The van der Waals surface area contributed by atoms with Gasteiger partial charge in [0.25, 0.3) is 0 Å². The molecule has 1 fully saturated rings. The van der Waals surface area contributed by atoms with Gasteiger partial charge in [-0.25, -0.2) is 0 Å². The lowest BCUT2D eigenvalue weighted by Gasteiger charge is -2.11. The van der Waals surface area contributed by atoms with Crippen LogP contribution in [0.25, 0.3) is 0 Å². The maximum Gasteiger partial charge on any atom is 0.177 e. The quantitative estimate of drug-likeness (QED) is 0.504. The van der Waals surface area contributed by atoms with Gasteiger partial charge in [0.05, 0.1) is 9.35 Å². The number of hydrogen-bond donors (Lipinski definition) is 0. The Bertz CT molecular complexity index is 378. The van der Waals surface area contributed by atoms with Crippen molar-refractivity contribution in [2.24, 2.45) is 5.92 Å². The Hall–Kier alpha value is 0.330. The summed E-state index contributed by atoms with van der Waals surface area (Å²) in [6.07, 6.45) is 7.14. The van der Waals surface area contributed by atoms with Gasteiger partial charge in [0.15, 0.2) is 5.78 Å².